The van der Waals surface area contributed by atoms with Gasteiger partial charge in [0.2, 0.25) is 0 Å². The summed E-state index contributed by atoms with van der Waals surface area (Å²) in [5.41, 5.74) is 5.65. The molecule has 2 aliphatic rings. The van der Waals surface area contributed by atoms with Crippen LogP contribution in [0.25, 0.3) is 22.1 Å². The number of nitrogens with zero attached hydrogens (tertiary/aromatic N) is 10. The fraction of sp³-hybridized carbons (Fsp3) is 0.545. The summed E-state index contributed by atoms with van der Waals surface area (Å²) in [4.78, 5) is 51.0. The Morgan fingerprint density at radius 3 is 1.36 bits per heavy atom. The largest absolute Gasteiger partial charge is 0.391 e. The molecule has 0 aliphatic carbocycles. The molecule has 2 saturated heterocycles. The smallest absolute Gasteiger partial charge is 0.135 e. The number of nitriles is 2. The van der Waals surface area contributed by atoms with Crippen LogP contribution < -0.4 is 9.80 Å². The van der Waals surface area contributed by atoms with Gasteiger partial charge in [0.15, 0.2) is 0 Å². The zero-order valence-electron chi connectivity index (χ0n) is 34.8. The number of aliphatic hydroxyl groups excluding tert-OH is 2. The number of rotatable bonds is 14. The van der Waals surface area contributed by atoms with E-state index in [0.29, 0.717) is 59.9 Å². The Morgan fingerprint density at radius 2 is 1.02 bits per heavy atom. The highest BCUT2D eigenvalue weighted by atomic mass is 16.3. The number of benzene rings is 2. The highest BCUT2D eigenvalue weighted by Crippen LogP contribution is 2.34. The SMILES string of the molecule is C[C@H]1C[C@@H](CC(=O)C[C@@H](O)CN(C)C)CN(c2ccc(C#N)c3nccnc23)C1.C[C@H]1C[C@@H](CC(=O)C[C@H](O)CN(C)C)CN(c2ccc(C#N)c3nccnc23)C1. The summed E-state index contributed by atoms with van der Waals surface area (Å²) in [6.45, 7) is 8.67. The third kappa shape index (κ3) is 12.0. The van der Waals surface area contributed by atoms with Gasteiger partial charge in [0, 0.05) is 89.7 Å². The third-order valence-corrected chi connectivity index (χ3v) is 10.7. The first-order valence-corrected chi connectivity index (χ1v) is 20.2. The number of Topliss-reactive ketones (excluding diaryl/α,β-unsaturated/α-hetero) is 2. The van der Waals surface area contributed by atoms with E-state index >= 15 is 0 Å². The molecule has 0 saturated carbocycles. The number of fused-ring (bicyclic) bond motifs is 2. The van der Waals surface area contributed by atoms with Crippen molar-refractivity contribution in [2.45, 2.75) is 64.6 Å². The first-order chi connectivity index (χ1) is 27.7. The van der Waals surface area contributed by atoms with Gasteiger partial charge >= 0.3 is 0 Å². The summed E-state index contributed by atoms with van der Waals surface area (Å²) < 4.78 is 0. The maximum atomic E-state index is 12.5. The number of ketones is 2. The van der Waals surface area contributed by atoms with Crippen LogP contribution in [0.5, 0.6) is 0 Å². The van der Waals surface area contributed by atoms with E-state index in [9.17, 15) is 30.3 Å². The predicted octanol–water partition coefficient (Wildman–Crippen LogP) is 4.47. The summed E-state index contributed by atoms with van der Waals surface area (Å²) >= 11 is 0. The third-order valence-electron chi connectivity index (χ3n) is 10.7. The Morgan fingerprint density at radius 1 is 0.655 bits per heavy atom. The zero-order chi connectivity index (χ0) is 41.9. The van der Waals surface area contributed by atoms with Crippen molar-refractivity contribution in [3.8, 4) is 12.1 Å². The molecule has 2 N–H and O–H groups in total. The van der Waals surface area contributed by atoms with Crippen molar-refractivity contribution in [3.63, 3.8) is 0 Å². The summed E-state index contributed by atoms with van der Waals surface area (Å²) in [5.74, 6) is 1.58. The molecular weight excluding hydrogens is 733 g/mol. The van der Waals surface area contributed by atoms with E-state index in [0.717, 1.165) is 61.4 Å². The molecule has 6 atom stereocenters. The first kappa shape index (κ1) is 44.0. The molecule has 4 heterocycles. The molecule has 308 valence electrons. The summed E-state index contributed by atoms with van der Waals surface area (Å²) in [7, 11) is 7.55. The van der Waals surface area contributed by atoms with Gasteiger partial charge in [-0.3, -0.25) is 29.5 Å². The molecule has 6 rings (SSSR count). The number of hydrogen-bond donors (Lipinski definition) is 2. The van der Waals surface area contributed by atoms with E-state index in [-0.39, 0.29) is 36.2 Å². The van der Waals surface area contributed by atoms with Crippen molar-refractivity contribution in [3.05, 3.63) is 60.2 Å². The van der Waals surface area contributed by atoms with E-state index in [1.54, 1.807) is 36.9 Å². The lowest BCUT2D eigenvalue weighted by atomic mass is 9.86. The first-order valence-electron chi connectivity index (χ1n) is 20.2. The minimum absolute atomic E-state index is 0.114. The molecule has 0 bridgehead atoms. The minimum atomic E-state index is -0.618. The van der Waals surface area contributed by atoms with Crippen LogP contribution in [0, 0.1) is 46.3 Å². The molecule has 0 spiro atoms. The normalized spacial score (nSPS) is 20.6. The minimum Gasteiger partial charge on any atom is -0.391 e. The van der Waals surface area contributed by atoms with Gasteiger partial charge < -0.3 is 29.8 Å². The van der Waals surface area contributed by atoms with Gasteiger partial charge in [0.25, 0.3) is 0 Å². The molecule has 14 nitrogen and oxygen atoms in total. The van der Waals surface area contributed by atoms with Gasteiger partial charge in [-0.05, 0) is 89.0 Å². The van der Waals surface area contributed by atoms with Gasteiger partial charge in [0.1, 0.15) is 45.8 Å². The highest BCUT2D eigenvalue weighted by molar-refractivity contribution is 5.93. The van der Waals surface area contributed by atoms with E-state index < -0.39 is 12.2 Å². The van der Waals surface area contributed by atoms with Gasteiger partial charge in [-0.2, -0.15) is 10.5 Å². The Balaban J connectivity index is 0.000000221. The molecule has 0 radical (unpaired) electrons. The molecule has 14 heteroatoms. The molecule has 0 unspecified atom stereocenters. The fourth-order valence-electron chi connectivity index (χ4n) is 8.73. The standard InChI is InChI=1S/2C22H29N5O2/c2*1-15-8-16(9-18(28)10-19(29)14-26(2)3)13-27(12-15)20-5-4-17(11-23)21-22(20)25-7-6-24-21/h2*4-7,15-16,19,29H,8-10,12-14H2,1-3H3/t15-,16-,19+;15-,16-,19-/m00/s1. The van der Waals surface area contributed by atoms with Crippen LogP contribution in [-0.4, -0.2) is 131 Å². The molecule has 0 amide bonds. The molecule has 2 fully saturated rings. The summed E-state index contributed by atoms with van der Waals surface area (Å²) in [6, 6.07) is 11.8. The number of piperidine rings is 2. The number of carbonyl (C=O) groups excluding carboxylic acids is 2. The van der Waals surface area contributed by atoms with E-state index in [1.807, 2.05) is 50.1 Å². The second-order valence-electron chi connectivity index (χ2n) is 16.9. The van der Waals surface area contributed by atoms with E-state index in [4.69, 9.17) is 0 Å². The maximum absolute atomic E-state index is 12.5. The van der Waals surface area contributed by atoms with Crippen molar-refractivity contribution in [2.24, 2.45) is 23.7 Å². The average molecular weight is 791 g/mol. The molecule has 2 aliphatic heterocycles. The number of likely N-dealkylation sites (N-methyl/N-ethyl adjacent to an activating group) is 2. The lowest BCUT2D eigenvalue weighted by Gasteiger charge is -2.38. The second-order valence-corrected chi connectivity index (χ2v) is 16.9. The molecule has 2 aromatic heterocycles. The number of aromatic nitrogens is 4. The quantitative estimate of drug-likeness (QED) is 0.182. The number of aliphatic hydroxyl groups is 2. The van der Waals surface area contributed by atoms with Crippen LogP contribution in [0.3, 0.4) is 0 Å². The van der Waals surface area contributed by atoms with Crippen LogP contribution >= 0.6 is 0 Å². The Labute approximate surface area is 342 Å². The predicted molar refractivity (Wildman–Crippen MR) is 225 cm³/mol. The Hall–Kier alpha value is -5.12. The van der Waals surface area contributed by atoms with Crippen LogP contribution in [0.2, 0.25) is 0 Å². The van der Waals surface area contributed by atoms with Crippen molar-refractivity contribution < 1.29 is 19.8 Å². The highest BCUT2D eigenvalue weighted by Gasteiger charge is 2.30. The van der Waals surface area contributed by atoms with Crippen molar-refractivity contribution in [1.29, 1.82) is 10.5 Å². The van der Waals surface area contributed by atoms with Crippen molar-refractivity contribution in [1.82, 2.24) is 29.7 Å². The van der Waals surface area contributed by atoms with E-state index in [2.05, 4.69) is 55.7 Å². The van der Waals surface area contributed by atoms with E-state index in [1.165, 1.54) is 0 Å². The molecular formula is C44H58N10O4. The van der Waals surface area contributed by atoms with Gasteiger partial charge in [-0.1, -0.05) is 13.8 Å². The van der Waals surface area contributed by atoms with Crippen LogP contribution in [0.1, 0.15) is 63.5 Å². The van der Waals surface area contributed by atoms with Crippen LogP contribution in [0.4, 0.5) is 11.4 Å². The molecule has 2 aromatic carbocycles. The number of carbonyl (C=O) groups is 2. The average Bonchev–Trinajstić information content (AvgIpc) is 3.15. The van der Waals surface area contributed by atoms with Crippen LogP contribution in [-0.2, 0) is 9.59 Å². The zero-order valence-corrected chi connectivity index (χ0v) is 34.8. The number of anilines is 2. The maximum Gasteiger partial charge on any atom is 0.135 e. The second kappa shape index (κ2) is 20.5. The Kier molecular flexibility index (Phi) is 15.6. The monoisotopic (exact) mass is 790 g/mol. The van der Waals surface area contributed by atoms with Crippen molar-refractivity contribution in [2.75, 3.05) is 77.3 Å². The van der Waals surface area contributed by atoms with Gasteiger partial charge in [-0.15, -0.1) is 0 Å². The number of hydrogen-bond acceptors (Lipinski definition) is 14. The lowest BCUT2D eigenvalue weighted by molar-refractivity contribution is -0.123. The van der Waals surface area contributed by atoms with Crippen molar-refractivity contribution >= 4 is 45.0 Å². The van der Waals surface area contributed by atoms with Crippen LogP contribution in [0.15, 0.2) is 49.1 Å². The summed E-state index contributed by atoms with van der Waals surface area (Å²) in [5, 5.41) is 38.8. The molecule has 58 heavy (non-hydrogen) atoms. The van der Waals surface area contributed by atoms with Gasteiger partial charge in [0.05, 0.1) is 34.7 Å². The lowest BCUT2D eigenvalue weighted by Crippen LogP contribution is -2.41. The Bertz CT molecular complexity index is 1960. The topological polar surface area (TPSA) is 187 Å². The summed E-state index contributed by atoms with van der Waals surface area (Å²) in [6.07, 6.45) is 8.61. The fourth-order valence-corrected chi connectivity index (χ4v) is 8.73. The molecule has 4 aromatic rings. The van der Waals surface area contributed by atoms with Gasteiger partial charge in [-0.25, -0.2) is 0 Å².